The minimum Gasteiger partial charge on any atom is -0.311 e. The van der Waals surface area contributed by atoms with E-state index in [2.05, 4.69) is 322 Å². The second-order valence-electron chi connectivity index (χ2n) is 24.6. The minimum absolute atomic E-state index is 0.0148. The van der Waals surface area contributed by atoms with Crippen molar-refractivity contribution in [3.8, 4) is 78.9 Å². The van der Waals surface area contributed by atoms with E-state index in [4.69, 9.17) is 15.0 Å². The van der Waals surface area contributed by atoms with Gasteiger partial charge in [0.15, 0.2) is 17.5 Å². The molecule has 17 aromatic rings. The van der Waals surface area contributed by atoms with Crippen LogP contribution in [0.2, 0.25) is 0 Å². The van der Waals surface area contributed by atoms with E-state index in [0.717, 1.165) is 106 Å². The number of benzene rings is 14. The molecular weight excluding hydrogens is 1150 g/mol. The van der Waals surface area contributed by atoms with Crippen LogP contribution >= 0.6 is 0 Å². The molecule has 0 atom stereocenters. The molecule has 2 aliphatic rings. The molecule has 0 saturated carbocycles. The maximum Gasteiger partial charge on any atom is 0.252 e. The topological polar surface area (TPSA) is 55.0 Å². The van der Waals surface area contributed by atoms with Crippen LogP contribution in [-0.4, -0.2) is 30.8 Å². The number of para-hydroxylation sites is 8. The fourth-order valence-corrected chi connectivity index (χ4v) is 15.2. The smallest absolute Gasteiger partial charge is 0.252 e. The molecule has 0 bridgehead atoms. The predicted octanol–water partition coefficient (Wildman–Crippen LogP) is 20.2. The van der Waals surface area contributed by atoms with Gasteiger partial charge in [0.2, 0.25) is 0 Å². The molecule has 442 valence electrons. The van der Waals surface area contributed by atoms with Crippen molar-refractivity contribution in [2.75, 3.05) is 9.80 Å². The van der Waals surface area contributed by atoms with Crippen LogP contribution in [0.1, 0.15) is 0 Å². The van der Waals surface area contributed by atoms with Crippen LogP contribution in [0.25, 0.3) is 123 Å². The lowest BCUT2D eigenvalue weighted by atomic mass is 9.33. The number of fused-ring (bicyclic) bond motifs is 10. The third-order valence-electron chi connectivity index (χ3n) is 19.3. The van der Waals surface area contributed by atoms with Crippen molar-refractivity contribution in [3.05, 3.63) is 340 Å². The fraction of sp³-hybridized carbons (Fsp3) is 0. The predicted molar refractivity (Wildman–Crippen MR) is 395 cm³/mol. The summed E-state index contributed by atoms with van der Waals surface area (Å²) in [7, 11) is 0. The zero-order chi connectivity index (χ0) is 62.5. The molecule has 5 heterocycles. The maximum atomic E-state index is 5.47. The number of hydrogen-bond donors (Lipinski definition) is 0. The zero-order valence-electron chi connectivity index (χ0n) is 51.5. The molecule has 0 aliphatic carbocycles. The van der Waals surface area contributed by atoms with Gasteiger partial charge in [-0.15, -0.1) is 0 Å². The summed E-state index contributed by atoms with van der Waals surface area (Å²) in [6.45, 7) is -0.0148. The van der Waals surface area contributed by atoms with Crippen molar-refractivity contribution in [2.24, 2.45) is 0 Å². The van der Waals surface area contributed by atoms with E-state index in [0.29, 0.717) is 17.5 Å². The highest BCUT2D eigenvalue weighted by molar-refractivity contribution is 7.00. The van der Waals surface area contributed by atoms with Gasteiger partial charge in [-0.2, -0.15) is 0 Å². The van der Waals surface area contributed by atoms with Gasteiger partial charge in [-0.05, 0) is 136 Å². The molecule has 0 saturated heterocycles. The lowest BCUT2D eigenvalue weighted by Gasteiger charge is -2.45. The first kappa shape index (κ1) is 54.1. The average Bonchev–Trinajstić information content (AvgIpc) is 1.67. The maximum absolute atomic E-state index is 5.47. The van der Waals surface area contributed by atoms with E-state index >= 15 is 0 Å². The van der Waals surface area contributed by atoms with Crippen molar-refractivity contribution in [1.82, 2.24) is 24.1 Å². The monoisotopic (exact) mass is 1210 g/mol. The third kappa shape index (κ3) is 8.72. The summed E-state index contributed by atoms with van der Waals surface area (Å²) in [5, 5.41) is 4.70. The van der Waals surface area contributed by atoms with Crippen molar-refractivity contribution in [3.63, 3.8) is 0 Å². The van der Waals surface area contributed by atoms with Crippen molar-refractivity contribution < 1.29 is 0 Å². The SMILES string of the molecule is c1ccc(-c2nc(-c3ccccc3)nc(-c3cccc(-c4cccc(-c5cccc(-c6ccc7c8c6N(c6ccccc6)c6ccccc6B8c6ccccc6N7c6ccccc6)c5)c4)c3-n3c4ccccc4c4cc5c6ccccc6n(-c6ccccc6)c5cc43)n2)cc1. The number of aromatic nitrogens is 5. The quantitative estimate of drug-likeness (QED) is 0.128. The Morgan fingerprint density at radius 1 is 0.232 bits per heavy atom. The molecule has 0 unspecified atom stereocenters. The zero-order valence-corrected chi connectivity index (χ0v) is 51.5. The number of hydrogen-bond acceptors (Lipinski definition) is 5. The second kappa shape index (κ2) is 22.0. The van der Waals surface area contributed by atoms with Gasteiger partial charge in [-0.1, -0.05) is 243 Å². The third-order valence-corrected chi connectivity index (χ3v) is 19.3. The van der Waals surface area contributed by atoms with Crippen LogP contribution in [0.3, 0.4) is 0 Å². The molecule has 0 N–H and O–H groups in total. The largest absolute Gasteiger partial charge is 0.311 e. The highest BCUT2D eigenvalue weighted by Gasteiger charge is 2.44. The van der Waals surface area contributed by atoms with Gasteiger partial charge < -0.3 is 18.9 Å². The minimum atomic E-state index is -0.0148. The van der Waals surface area contributed by atoms with Gasteiger partial charge in [0.25, 0.3) is 6.71 Å². The van der Waals surface area contributed by atoms with Gasteiger partial charge in [-0.25, -0.2) is 15.0 Å². The Hall–Kier alpha value is -12.6. The number of rotatable bonds is 10. The second-order valence-corrected chi connectivity index (χ2v) is 24.6. The van der Waals surface area contributed by atoms with Gasteiger partial charge >= 0.3 is 0 Å². The van der Waals surface area contributed by atoms with Crippen LogP contribution in [0.4, 0.5) is 34.1 Å². The first-order valence-corrected chi connectivity index (χ1v) is 32.5. The Balaban J connectivity index is 0.839. The van der Waals surface area contributed by atoms with Crippen LogP contribution in [0.15, 0.2) is 340 Å². The van der Waals surface area contributed by atoms with Crippen molar-refractivity contribution >= 4 is 101 Å². The number of nitrogens with zero attached hydrogens (tertiary/aromatic N) is 7. The van der Waals surface area contributed by atoms with Crippen LogP contribution < -0.4 is 26.2 Å². The van der Waals surface area contributed by atoms with E-state index in [1.165, 1.54) is 49.9 Å². The van der Waals surface area contributed by atoms with Crippen LogP contribution in [0.5, 0.6) is 0 Å². The van der Waals surface area contributed by atoms with Gasteiger partial charge in [0.1, 0.15) is 0 Å². The summed E-state index contributed by atoms with van der Waals surface area (Å²) in [4.78, 5) is 21.1. The summed E-state index contributed by atoms with van der Waals surface area (Å²) in [6.07, 6.45) is 0. The molecule has 8 heteroatoms. The summed E-state index contributed by atoms with van der Waals surface area (Å²) >= 11 is 0. The first-order chi connectivity index (χ1) is 47.2. The van der Waals surface area contributed by atoms with E-state index in [-0.39, 0.29) is 6.71 Å². The highest BCUT2D eigenvalue weighted by atomic mass is 15.2. The Morgan fingerprint density at radius 2 is 0.653 bits per heavy atom. The summed E-state index contributed by atoms with van der Waals surface area (Å²) < 4.78 is 4.89. The molecule has 7 nitrogen and oxygen atoms in total. The van der Waals surface area contributed by atoms with E-state index in [1.54, 1.807) is 0 Å². The molecule has 0 amide bonds. The van der Waals surface area contributed by atoms with Crippen LogP contribution in [0, 0.1) is 0 Å². The average molecular weight is 1210 g/mol. The van der Waals surface area contributed by atoms with E-state index < -0.39 is 0 Å². The van der Waals surface area contributed by atoms with Crippen LogP contribution in [-0.2, 0) is 0 Å². The molecule has 0 spiro atoms. The summed E-state index contributed by atoms with van der Waals surface area (Å²) in [5.74, 6) is 1.77. The Labute approximate surface area is 550 Å². The molecule has 14 aromatic carbocycles. The van der Waals surface area contributed by atoms with E-state index in [9.17, 15) is 0 Å². The molecular formula is C87H56BN7. The summed E-state index contributed by atoms with van der Waals surface area (Å²) in [5.41, 5.74) is 26.5. The van der Waals surface area contributed by atoms with Gasteiger partial charge in [0, 0.05) is 83.5 Å². The standard InChI is InChI=1S/C87H56BN7/c1-6-27-57(28-7-1)85-89-86(58-29-8-2-9-30-58)91-87(90-85)70-44-26-43-66(83(70)95-76-48-21-17-42-69(76)72-55-71-68-41-16-20-47-75(68)92(80(71)56-81(72)95)63-35-10-3-11-36-63)61-33-24-31-59(53-61)60-32-25-34-62(54-60)67-51-52-79-82-84(67)94(65-39-14-5-15-40-65)78-50-23-19-46-74(78)88(82)73-45-18-22-49-77(73)93(79)64-37-12-4-13-38-64/h1-56H. The molecule has 0 fully saturated rings. The first-order valence-electron chi connectivity index (χ1n) is 32.5. The lowest BCUT2D eigenvalue weighted by Crippen LogP contribution is -2.61. The Kier molecular flexibility index (Phi) is 12.6. The Bertz CT molecular complexity index is 5800. The highest BCUT2D eigenvalue weighted by Crippen LogP contribution is 2.50. The molecule has 3 aromatic heterocycles. The van der Waals surface area contributed by atoms with E-state index in [1.807, 2.05) is 36.4 Å². The number of anilines is 6. The van der Waals surface area contributed by atoms with Crippen molar-refractivity contribution in [2.45, 2.75) is 0 Å². The molecule has 95 heavy (non-hydrogen) atoms. The Morgan fingerprint density at radius 3 is 1.24 bits per heavy atom. The fourth-order valence-electron chi connectivity index (χ4n) is 15.2. The normalized spacial score (nSPS) is 12.4. The van der Waals surface area contributed by atoms with Gasteiger partial charge in [-0.3, -0.25) is 0 Å². The lowest BCUT2D eigenvalue weighted by molar-refractivity contribution is 1.06. The summed E-state index contributed by atoms with van der Waals surface area (Å²) in [6, 6.07) is 123. The van der Waals surface area contributed by atoms with Crippen molar-refractivity contribution in [1.29, 1.82) is 0 Å². The molecule has 2 aliphatic heterocycles. The molecule has 0 radical (unpaired) electrons. The molecule has 19 rings (SSSR count). The van der Waals surface area contributed by atoms with Gasteiger partial charge in [0.05, 0.1) is 33.4 Å².